The Labute approximate surface area is 146 Å². The number of nitrogens with one attached hydrogen (secondary N) is 1. The number of ketones is 1. The van der Waals surface area contributed by atoms with E-state index in [1.54, 1.807) is 19.1 Å². The SMILES string of the molecule is CCCN1C(=S)NC(c2ccc(Cl)c(Cl)c2)C(C(C)=O)=C1C. The molecule has 0 aromatic heterocycles. The van der Waals surface area contributed by atoms with Gasteiger partial charge in [0.1, 0.15) is 0 Å². The molecule has 118 valence electrons. The lowest BCUT2D eigenvalue weighted by Crippen LogP contribution is -2.47. The van der Waals surface area contributed by atoms with E-state index in [0.717, 1.165) is 24.2 Å². The highest BCUT2D eigenvalue weighted by atomic mass is 35.5. The van der Waals surface area contributed by atoms with Crippen LogP contribution in [-0.4, -0.2) is 22.3 Å². The minimum atomic E-state index is -0.298. The van der Waals surface area contributed by atoms with Crippen LogP contribution in [0.25, 0.3) is 0 Å². The first-order chi connectivity index (χ1) is 10.4. The van der Waals surface area contributed by atoms with Gasteiger partial charge in [-0.05, 0) is 50.2 Å². The number of hydrogen-bond donors (Lipinski definition) is 1. The highest BCUT2D eigenvalue weighted by Gasteiger charge is 2.31. The van der Waals surface area contributed by atoms with Gasteiger partial charge in [0.15, 0.2) is 10.9 Å². The van der Waals surface area contributed by atoms with E-state index < -0.39 is 0 Å². The van der Waals surface area contributed by atoms with E-state index in [9.17, 15) is 4.79 Å². The largest absolute Gasteiger partial charge is 0.351 e. The number of carbonyl (C=O) groups is 1. The van der Waals surface area contributed by atoms with E-state index in [-0.39, 0.29) is 11.8 Å². The zero-order chi connectivity index (χ0) is 16.4. The van der Waals surface area contributed by atoms with Crippen molar-refractivity contribution >= 4 is 46.3 Å². The van der Waals surface area contributed by atoms with E-state index in [4.69, 9.17) is 35.4 Å². The van der Waals surface area contributed by atoms with Crippen molar-refractivity contribution in [2.75, 3.05) is 6.54 Å². The molecule has 0 spiro atoms. The van der Waals surface area contributed by atoms with Crippen LogP contribution in [0.5, 0.6) is 0 Å². The number of hydrogen-bond acceptors (Lipinski definition) is 2. The minimum Gasteiger partial charge on any atom is -0.351 e. The molecule has 1 aromatic carbocycles. The number of Topliss-reactive ketones (excluding diaryl/α,β-unsaturated/α-hetero) is 1. The van der Waals surface area contributed by atoms with Gasteiger partial charge in [0.25, 0.3) is 0 Å². The summed E-state index contributed by atoms with van der Waals surface area (Å²) in [7, 11) is 0. The maximum Gasteiger partial charge on any atom is 0.173 e. The molecule has 0 bridgehead atoms. The van der Waals surface area contributed by atoms with E-state index in [1.165, 1.54) is 0 Å². The molecule has 6 heteroatoms. The topological polar surface area (TPSA) is 32.3 Å². The van der Waals surface area contributed by atoms with Crippen LogP contribution in [0.15, 0.2) is 29.5 Å². The number of rotatable bonds is 4. The predicted molar refractivity (Wildman–Crippen MR) is 95.3 cm³/mol. The maximum atomic E-state index is 12.2. The molecule has 1 aliphatic rings. The van der Waals surface area contributed by atoms with Crippen molar-refractivity contribution in [2.24, 2.45) is 0 Å². The quantitative estimate of drug-likeness (QED) is 0.805. The molecule has 1 unspecified atom stereocenters. The number of nitrogens with zero attached hydrogens (tertiary/aromatic N) is 1. The molecule has 0 radical (unpaired) electrons. The van der Waals surface area contributed by atoms with Crippen molar-refractivity contribution in [3.05, 3.63) is 45.1 Å². The zero-order valence-corrected chi connectivity index (χ0v) is 15.1. The van der Waals surface area contributed by atoms with Crippen LogP contribution in [0.3, 0.4) is 0 Å². The highest BCUT2D eigenvalue weighted by molar-refractivity contribution is 7.80. The second-order valence-corrected chi connectivity index (χ2v) is 6.46. The molecule has 0 saturated heterocycles. The van der Waals surface area contributed by atoms with Gasteiger partial charge in [-0.3, -0.25) is 4.79 Å². The van der Waals surface area contributed by atoms with E-state index in [0.29, 0.717) is 20.7 Å². The van der Waals surface area contributed by atoms with E-state index in [2.05, 4.69) is 12.2 Å². The lowest BCUT2D eigenvalue weighted by Gasteiger charge is -2.37. The Morgan fingerprint density at radius 1 is 1.36 bits per heavy atom. The second-order valence-electron chi connectivity index (χ2n) is 5.26. The van der Waals surface area contributed by atoms with Crippen LogP contribution in [-0.2, 0) is 4.79 Å². The van der Waals surface area contributed by atoms with Gasteiger partial charge in [-0.1, -0.05) is 36.2 Å². The first-order valence-corrected chi connectivity index (χ1v) is 8.27. The number of carbonyl (C=O) groups excluding carboxylic acids is 1. The first kappa shape index (κ1) is 17.3. The van der Waals surface area contributed by atoms with Crippen molar-refractivity contribution < 1.29 is 4.79 Å². The molecule has 1 heterocycles. The van der Waals surface area contributed by atoms with Crippen LogP contribution in [0.4, 0.5) is 0 Å². The van der Waals surface area contributed by atoms with Crippen molar-refractivity contribution in [2.45, 2.75) is 33.2 Å². The number of halogens is 2. The van der Waals surface area contributed by atoms with Crippen molar-refractivity contribution in [3.63, 3.8) is 0 Å². The Bertz CT molecular complexity index is 658. The fraction of sp³-hybridized carbons (Fsp3) is 0.375. The van der Waals surface area contributed by atoms with Crippen LogP contribution >= 0.6 is 35.4 Å². The lowest BCUT2D eigenvalue weighted by atomic mass is 9.92. The van der Waals surface area contributed by atoms with E-state index in [1.807, 2.05) is 17.9 Å². The number of thiocarbonyl (C=S) groups is 1. The molecule has 2 rings (SSSR count). The Hall–Kier alpha value is -1.10. The Morgan fingerprint density at radius 2 is 2.05 bits per heavy atom. The van der Waals surface area contributed by atoms with Gasteiger partial charge < -0.3 is 10.2 Å². The maximum absolute atomic E-state index is 12.2. The highest BCUT2D eigenvalue weighted by Crippen LogP contribution is 2.34. The summed E-state index contributed by atoms with van der Waals surface area (Å²) in [5.74, 6) is 0.0182. The summed E-state index contributed by atoms with van der Waals surface area (Å²) < 4.78 is 0. The van der Waals surface area contributed by atoms with Crippen LogP contribution in [0.1, 0.15) is 38.8 Å². The van der Waals surface area contributed by atoms with Gasteiger partial charge in [-0.15, -0.1) is 0 Å². The summed E-state index contributed by atoms with van der Waals surface area (Å²) >= 11 is 17.5. The molecule has 3 nitrogen and oxygen atoms in total. The smallest absolute Gasteiger partial charge is 0.173 e. The summed E-state index contributed by atoms with van der Waals surface area (Å²) in [5, 5.41) is 4.83. The summed E-state index contributed by atoms with van der Waals surface area (Å²) in [6.45, 7) is 6.37. The zero-order valence-electron chi connectivity index (χ0n) is 12.7. The average Bonchev–Trinajstić information content (AvgIpc) is 2.45. The van der Waals surface area contributed by atoms with Crippen LogP contribution < -0.4 is 5.32 Å². The minimum absolute atomic E-state index is 0.0182. The third-order valence-corrected chi connectivity index (χ3v) is 4.78. The lowest BCUT2D eigenvalue weighted by molar-refractivity contribution is -0.114. The molecule has 1 aliphatic heterocycles. The van der Waals surface area contributed by atoms with Gasteiger partial charge in [0.2, 0.25) is 0 Å². The second kappa shape index (κ2) is 6.99. The molecule has 1 aromatic rings. The molecular weight excluding hydrogens is 339 g/mol. The van der Waals surface area contributed by atoms with Gasteiger partial charge >= 0.3 is 0 Å². The molecule has 1 N–H and O–H groups in total. The molecule has 22 heavy (non-hydrogen) atoms. The third-order valence-electron chi connectivity index (χ3n) is 3.70. The van der Waals surface area contributed by atoms with Gasteiger partial charge in [0, 0.05) is 17.8 Å². The van der Waals surface area contributed by atoms with E-state index >= 15 is 0 Å². The third kappa shape index (κ3) is 3.29. The summed E-state index contributed by atoms with van der Waals surface area (Å²) in [6, 6.07) is 5.07. The molecule has 0 saturated carbocycles. The monoisotopic (exact) mass is 356 g/mol. The van der Waals surface area contributed by atoms with Crippen molar-refractivity contribution in [1.29, 1.82) is 0 Å². The van der Waals surface area contributed by atoms with Gasteiger partial charge in [-0.2, -0.15) is 0 Å². The summed E-state index contributed by atoms with van der Waals surface area (Å²) in [4.78, 5) is 14.1. The Balaban J connectivity index is 2.52. The van der Waals surface area contributed by atoms with Crippen LogP contribution in [0, 0.1) is 0 Å². The standard InChI is InChI=1S/C16H18Cl2N2OS/c1-4-7-20-9(2)14(10(3)21)15(19-16(20)22)11-5-6-12(17)13(18)8-11/h5-6,8,15H,4,7H2,1-3H3,(H,19,22). The fourth-order valence-electron chi connectivity index (χ4n) is 2.67. The van der Waals surface area contributed by atoms with Crippen LogP contribution in [0.2, 0.25) is 10.0 Å². The predicted octanol–water partition coefficient (Wildman–Crippen LogP) is 4.50. The van der Waals surface area contributed by atoms with Crippen molar-refractivity contribution in [3.8, 4) is 0 Å². The Morgan fingerprint density at radius 3 is 2.59 bits per heavy atom. The number of allylic oxidation sites excluding steroid dienone is 1. The van der Waals surface area contributed by atoms with Crippen molar-refractivity contribution in [1.82, 2.24) is 10.2 Å². The fourth-order valence-corrected chi connectivity index (χ4v) is 3.33. The molecule has 1 atom stereocenters. The molecule has 0 aliphatic carbocycles. The first-order valence-electron chi connectivity index (χ1n) is 7.11. The summed E-state index contributed by atoms with van der Waals surface area (Å²) in [5.41, 5.74) is 2.48. The number of benzene rings is 1. The average molecular weight is 357 g/mol. The van der Waals surface area contributed by atoms with Gasteiger partial charge in [-0.25, -0.2) is 0 Å². The summed E-state index contributed by atoms with van der Waals surface area (Å²) in [6.07, 6.45) is 0.946. The normalized spacial score (nSPS) is 18.5. The van der Waals surface area contributed by atoms with Gasteiger partial charge in [0.05, 0.1) is 16.1 Å². The Kier molecular flexibility index (Phi) is 5.48. The molecule has 0 fully saturated rings. The molecular formula is C16H18Cl2N2OS. The molecule has 0 amide bonds.